The number of benzene rings is 1. The maximum atomic E-state index is 13.7. The van der Waals surface area contributed by atoms with Gasteiger partial charge in [0, 0.05) is 14.7 Å². The molecule has 1 aromatic rings. The van der Waals surface area contributed by atoms with Crippen LogP contribution >= 0.6 is 0 Å². The molecule has 0 aliphatic heterocycles. The van der Waals surface area contributed by atoms with Crippen LogP contribution in [0.15, 0.2) is 24.3 Å². The molecular weight excluding hydrogens is 496 g/mol. The topological polar surface area (TPSA) is 124 Å². The Labute approximate surface area is 221 Å². The summed E-state index contributed by atoms with van der Waals surface area (Å²) < 4.78 is 21.2. The summed E-state index contributed by atoms with van der Waals surface area (Å²) in [6, 6.07) is 5.46. The highest BCUT2D eigenvalue weighted by atomic mass is 28.3. The Morgan fingerprint density at radius 3 is 2.16 bits per heavy atom. The van der Waals surface area contributed by atoms with Crippen LogP contribution < -0.4 is 10.1 Å². The third kappa shape index (κ3) is 11.6. The van der Waals surface area contributed by atoms with E-state index >= 15 is 0 Å². The van der Waals surface area contributed by atoms with Crippen molar-refractivity contribution in [3.63, 3.8) is 0 Å². The lowest BCUT2D eigenvalue weighted by molar-refractivity contribution is -0.169. The molecule has 0 heterocycles. The minimum absolute atomic E-state index is 0.208. The van der Waals surface area contributed by atoms with Gasteiger partial charge in [-0.3, -0.25) is 4.79 Å². The number of rotatable bonds is 13. The molecule has 1 aromatic carbocycles. The number of ether oxygens (including phenoxy) is 4. The van der Waals surface area contributed by atoms with E-state index in [1.807, 2.05) is 0 Å². The first-order chi connectivity index (χ1) is 17.1. The summed E-state index contributed by atoms with van der Waals surface area (Å²) >= 11 is 0. The number of nitrogens with zero attached hydrogens (tertiary/aromatic N) is 1. The number of carbonyl (C=O) groups is 3. The first-order valence-electron chi connectivity index (χ1n) is 12.4. The Hall–Kier alpha value is -2.47. The van der Waals surface area contributed by atoms with Crippen molar-refractivity contribution in [3.05, 3.63) is 29.8 Å². The van der Waals surface area contributed by atoms with Crippen LogP contribution in [0.25, 0.3) is 0 Å². The molecule has 3 atom stereocenters. The summed E-state index contributed by atoms with van der Waals surface area (Å²) in [6.45, 7) is 12.9. The van der Waals surface area contributed by atoms with Gasteiger partial charge in [0.1, 0.15) is 11.4 Å². The fraction of sp³-hybridized carbons (Fsp3) is 0.654. The monoisotopic (exact) mass is 540 g/mol. The second-order valence-corrected chi connectivity index (χ2v) is 16.7. The smallest absolute Gasteiger partial charge is 0.418 e. The first-order valence-corrected chi connectivity index (χ1v) is 16.1. The lowest BCUT2D eigenvalue weighted by Crippen LogP contribution is -2.59. The van der Waals surface area contributed by atoms with Gasteiger partial charge in [-0.25, -0.2) is 14.5 Å². The number of hydrogen-bond acceptors (Lipinski definition) is 9. The Morgan fingerprint density at radius 2 is 1.70 bits per heavy atom. The van der Waals surface area contributed by atoms with E-state index in [0.717, 1.165) is 11.6 Å². The zero-order chi connectivity index (χ0) is 28.4. The van der Waals surface area contributed by atoms with Crippen molar-refractivity contribution in [1.82, 2.24) is 10.2 Å². The third-order valence-corrected chi connectivity index (χ3v) is 7.03. The fourth-order valence-electron chi connectivity index (χ4n) is 3.27. The highest BCUT2D eigenvalue weighted by Crippen LogP contribution is 2.19. The first kappa shape index (κ1) is 32.6. The number of hydrogen-bond donors (Lipinski definition) is 2. The SMILES string of the molecule is CN[C@@H](Cc1ccc(OC)cc1)C(=O)N(C(=O)OC(C)(C)C)[C@H](C(=O)OCOCC[Si](C)(C)C)[C@@H](C)O. The van der Waals surface area contributed by atoms with Gasteiger partial charge in [0.2, 0.25) is 5.91 Å². The average molecular weight is 541 g/mol. The van der Waals surface area contributed by atoms with Crippen molar-refractivity contribution in [1.29, 1.82) is 0 Å². The molecule has 0 saturated carbocycles. The number of carbonyl (C=O) groups excluding carboxylic acids is 3. The Bertz CT molecular complexity index is 878. The van der Waals surface area contributed by atoms with Crippen LogP contribution in [0.3, 0.4) is 0 Å². The van der Waals surface area contributed by atoms with Gasteiger partial charge in [-0.1, -0.05) is 31.8 Å². The highest BCUT2D eigenvalue weighted by molar-refractivity contribution is 6.76. The fourth-order valence-corrected chi connectivity index (χ4v) is 4.03. The van der Waals surface area contributed by atoms with Crippen LogP contribution in [0.4, 0.5) is 4.79 Å². The van der Waals surface area contributed by atoms with Gasteiger partial charge in [-0.05, 0) is 64.9 Å². The van der Waals surface area contributed by atoms with Crippen LogP contribution in [-0.4, -0.2) is 87.4 Å². The molecule has 2 N–H and O–H groups in total. The average Bonchev–Trinajstić information content (AvgIpc) is 2.78. The Morgan fingerprint density at radius 1 is 1.11 bits per heavy atom. The minimum atomic E-state index is -1.63. The van der Waals surface area contributed by atoms with Gasteiger partial charge in [-0.15, -0.1) is 0 Å². The number of imide groups is 1. The van der Waals surface area contributed by atoms with E-state index in [1.54, 1.807) is 59.2 Å². The van der Waals surface area contributed by atoms with E-state index in [2.05, 4.69) is 25.0 Å². The molecule has 10 nitrogen and oxygen atoms in total. The van der Waals surface area contributed by atoms with Crippen molar-refractivity contribution in [2.24, 2.45) is 0 Å². The van der Waals surface area contributed by atoms with Gasteiger partial charge < -0.3 is 29.4 Å². The van der Waals surface area contributed by atoms with Crippen molar-refractivity contribution in [2.45, 2.75) is 83.6 Å². The molecule has 0 saturated heterocycles. The largest absolute Gasteiger partial charge is 0.497 e. The molecule has 0 aromatic heterocycles. The molecule has 0 aliphatic rings. The second kappa shape index (κ2) is 14.5. The number of esters is 1. The lowest BCUT2D eigenvalue weighted by atomic mass is 10.0. The molecule has 1 rings (SSSR count). The molecule has 37 heavy (non-hydrogen) atoms. The zero-order valence-corrected chi connectivity index (χ0v) is 24.6. The van der Waals surface area contributed by atoms with E-state index in [-0.39, 0.29) is 13.2 Å². The predicted molar refractivity (Wildman–Crippen MR) is 143 cm³/mol. The van der Waals surface area contributed by atoms with E-state index in [9.17, 15) is 19.5 Å². The van der Waals surface area contributed by atoms with Crippen LogP contribution in [-0.2, 0) is 30.2 Å². The Kier molecular flexibility index (Phi) is 12.7. The van der Waals surface area contributed by atoms with Gasteiger partial charge >= 0.3 is 12.1 Å². The molecule has 210 valence electrons. The molecule has 0 bridgehead atoms. The number of aliphatic hydroxyl groups excluding tert-OH is 1. The van der Waals surface area contributed by atoms with E-state index in [4.69, 9.17) is 18.9 Å². The number of methoxy groups -OCH3 is 1. The summed E-state index contributed by atoms with van der Waals surface area (Å²) in [7, 11) is 1.79. The van der Waals surface area contributed by atoms with Gasteiger partial charge in [0.25, 0.3) is 0 Å². The molecule has 0 spiro atoms. The minimum Gasteiger partial charge on any atom is -0.497 e. The second-order valence-electron chi connectivity index (χ2n) is 11.1. The summed E-state index contributed by atoms with van der Waals surface area (Å²) in [4.78, 5) is 40.5. The molecule has 0 radical (unpaired) electrons. The van der Waals surface area contributed by atoms with E-state index in [0.29, 0.717) is 17.3 Å². The summed E-state index contributed by atoms with van der Waals surface area (Å²) in [5.41, 5.74) is -0.155. The van der Waals surface area contributed by atoms with Gasteiger partial charge in [0.15, 0.2) is 12.8 Å². The van der Waals surface area contributed by atoms with Crippen molar-refractivity contribution < 1.29 is 38.4 Å². The zero-order valence-electron chi connectivity index (χ0n) is 23.6. The normalized spacial score (nSPS) is 14.3. The van der Waals surface area contributed by atoms with Crippen LogP contribution in [0.1, 0.15) is 33.3 Å². The quantitative estimate of drug-likeness (QED) is 0.168. The predicted octanol–water partition coefficient (Wildman–Crippen LogP) is 3.19. The molecular formula is C26H44N2O8Si. The third-order valence-electron chi connectivity index (χ3n) is 5.33. The van der Waals surface area contributed by atoms with Crippen molar-refractivity contribution >= 4 is 26.0 Å². The van der Waals surface area contributed by atoms with Crippen LogP contribution in [0.5, 0.6) is 5.75 Å². The summed E-state index contributed by atoms with van der Waals surface area (Å²) in [5, 5.41) is 13.4. The number of amides is 2. The highest BCUT2D eigenvalue weighted by Gasteiger charge is 2.43. The number of likely N-dealkylation sites (N-methyl/N-ethyl adjacent to an activating group) is 1. The molecule has 0 unspecified atom stereocenters. The van der Waals surface area contributed by atoms with Gasteiger partial charge in [0.05, 0.1) is 19.3 Å². The van der Waals surface area contributed by atoms with Crippen molar-refractivity contribution in [3.8, 4) is 5.75 Å². The summed E-state index contributed by atoms with van der Waals surface area (Å²) in [6.07, 6.45) is -2.28. The molecule has 11 heteroatoms. The van der Waals surface area contributed by atoms with E-state index in [1.165, 1.54) is 6.92 Å². The van der Waals surface area contributed by atoms with E-state index < -0.39 is 49.8 Å². The Balaban J connectivity index is 3.17. The van der Waals surface area contributed by atoms with Crippen LogP contribution in [0.2, 0.25) is 25.7 Å². The standard InChI is InChI=1S/C26H44N2O8Si/c1-18(29)22(24(31)35-17-34-14-15-37(7,8)9)28(25(32)36-26(2,3)4)23(30)21(27-5)16-19-10-12-20(33-6)13-11-19/h10-13,18,21-22,27,29H,14-17H2,1-9H3/t18-,21+,22+/m1/s1. The number of aliphatic hydroxyl groups is 1. The maximum absolute atomic E-state index is 13.7. The van der Waals surface area contributed by atoms with Crippen LogP contribution in [0, 0.1) is 0 Å². The summed E-state index contributed by atoms with van der Waals surface area (Å²) in [5.74, 6) is -1.05. The van der Waals surface area contributed by atoms with Crippen molar-refractivity contribution in [2.75, 3.05) is 27.6 Å². The maximum Gasteiger partial charge on any atom is 0.418 e. The lowest BCUT2D eigenvalue weighted by Gasteiger charge is -2.34. The molecule has 0 fully saturated rings. The molecule has 0 aliphatic carbocycles. The molecule has 2 amide bonds. The number of nitrogens with one attached hydrogen (secondary N) is 1. The van der Waals surface area contributed by atoms with Gasteiger partial charge in [-0.2, -0.15) is 0 Å².